The molecule has 3 heterocycles. The first-order chi connectivity index (χ1) is 11.4. The molecule has 1 amide bonds. The average molecular weight is 348 g/mol. The van der Waals surface area contributed by atoms with Crippen LogP contribution in [-0.2, 0) is 16.0 Å². The van der Waals surface area contributed by atoms with Gasteiger partial charge in [0.2, 0.25) is 5.91 Å². The smallest absolute Gasteiger partial charge is 0.251 e. The van der Waals surface area contributed by atoms with Gasteiger partial charge in [0, 0.05) is 23.2 Å². The molecule has 2 aromatic heterocycles. The lowest BCUT2D eigenvalue weighted by atomic mass is 10.2. The van der Waals surface area contributed by atoms with E-state index in [9.17, 15) is 9.59 Å². The molecule has 0 aromatic carbocycles. The van der Waals surface area contributed by atoms with E-state index in [2.05, 4.69) is 15.0 Å². The third kappa shape index (κ3) is 3.70. The number of carbonyl (C=O) groups excluding carboxylic acids is 1. The van der Waals surface area contributed by atoms with E-state index in [-0.39, 0.29) is 11.5 Å². The first kappa shape index (κ1) is 16.8. The number of amides is 1. The highest BCUT2D eigenvalue weighted by molar-refractivity contribution is 7.11. The second-order valence-electron chi connectivity index (χ2n) is 5.89. The van der Waals surface area contributed by atoms with Crippen LogP contribution in [0.25, 0.3) is 0 Å². The topological polar surface area (TPSA) is 88.2 Å². The van der Waals surface area contributed by atoms with E-state index >= 15 is 0 Å². The largest absolute Gasteiger partial charge is 0.367 e. The molecule has 3 rings (SSSR count). The first-order valence-electron chi connectivity index (χ1n) is 7.82. The van der Waals surface area contributed by atoms with Crippen LogP contribution in [0.4, 0.5) is 0 Å². The Hall–Kier alpha value is -2.06. The summed E-state index contributed by atoms with van der Waals surface area (Å²) in [4.78, 5) is 38.4. The predicted octanol–water partition coefficient (Wildman–Crippen LogP) is 1.29. The van der Waals surface area contributed by atoms with Crippen molar-refractivity contribution in [2.45, 2.75) is 33.3 Å². The molecule has 1 aliphatic rings. The Morgan fingerprint density at radius 2 is 2.21 bits per heavy atom. The summed E-state index contributed by atoms with van der Waals surface area (Å²) < 4.78 is 5.70. The van der Waals surface area contributed by atoms with Crippen molar-refractivity contribution in [3.63, 3.8) is 0 Å². The van der Waals surface area contributed by atoms with Crippen LogP contribution in [0.1, 0.15) is 33.2 Å². The zero-order chi connectivity index (χ0) is 17.3. The summed E-state index contributed by atoms with van der Waals surface area (Å²) in [5.41, 5.74) is 1.34. The fourth-order valence-electron chi connectivity index (χ4n) is 2.78. The standard InChI is InChI=1S/C16H20N4O3S/c1-9-6-14(21)19-16(17-9)12-8-20(4-5-23-12)15(22)7-13-10(2)18-11(3)24-13/h6,12H,4-5,7-8H2,1-3H3,(H,17,19,21). The number of morpholine rings is 1. The third-order valence-electron chi connectivity index (χ3n) is 3.92. The molecule has 0 aliphatic carbocycles. The van der Waals surface area contributed by atoms with Crippen LogP contribution < -0.4 is 5.56 Å². The number of thiazole rings is 1. The molecule has 0 spiro atoms. The van der Waals surface area contributed by atoms with Crippen molar-refractivity contribution in [2.24, 2.45) is 0 Å². The van der Waals surface area contributed by atoms with Crippen LogP contribution in [0.3, 0.4) is 0 Å². The van der Waals surface area contributed by atoms with Crippen molar-refractivity contribution in [3.05, 3.63) is 43.5 Å². The second kappa shape index (κ2) is 6.82. The number of aromatic nitrogens is 3. The summed E-state index contributed by atoms with van der Waals surface area (Å²) >= 11 is 1.56. The third-order valence-corrected chi connectivity index (χ3v) is 5.00. The van der Waals surface area contributed by atoms with E-state index in [0.717, 1.165) is 15.6 Å². The van der Waals surface area contributed by atoms with Crippen molar-refractivity contribution < 1.29 is 9.53 Å². The van der Waals surface area contributed by atoms with Gasteiger partial charge in [0.15, 0.2) is 0 Å². The normalized spacial score (nSPS) is 18.0. The predicted molar refractivity (Wildman–Crippen MR) is 90.2 cm³/mol. The van der Waals surface area contributed by atoms with Gasteiger partial charge in [0.1, 0.15) is 11.9 Å². The molecular weight excluding hydrogens is 328 g/mol. The van der Waals surface area contributed by atoms with E-state index in [0.29, 0.717) is 37.6 Å². The van der Waals surface area contributed by atoms with Crippen LogP contribution in [0.2, 0.25) is 0 Å². The fraction of sp³-hybridized carbons (Fsp3) is 0.500. The maximum absolute atomic E-state index is 12.6. The molecule has 1 fully saturated rings. The molecule has 1 atom stereocenters. The molecule has 24 heavy (non-hydrogen) atoms. The summed E-state index contributed by atoms with van der Waals surface area (Å²) in [5.74, 6) is 0.521. The fourth-order valence-corrected chi connectivity index (χ4v) is 3.71. The number of carbonyl (C=O) groups is 1. The van der Waals surface area contributed by atoms with Crippen LogP contribution in [0.5, 0.6) is 0 Å². The Kier molecular flexibility index (Phi) is 4.77. The second-order valence-corrected chi connectivity index (χ2v) is 7.18. The van der Waals surface area contributed by atoms with Gasteiger partial charge < -0.3 is 14.6 Å². The zero-order valence-corrected chi connectivity index (χ0v) is 14.8. The van der Waals surface area contributed by atoms with Crippen molar-refractivity contribution in [2.75, 3.05) is 19.7 Å². The van der Waals surface area contributed by atoms with Crippen molar-refractivity contribution in [1.82, 2.24) is 19.9 Å². The minimum absolute atomic E-state index is 0.0463. The molecule has 1 unspecified atom stereocenters. The Morgan fingerprint density at radius 3 is 2.88 bits per heavy atom. The number of nitrogens with zero attached hydrogens (tertiary/aromatic N) is 3. The van der Waals surface area contributed by atoms with Gasteiger partial charge in [-0.05, 0) is 20.8 Å². The Balaban J connectivity index is 1.72. The maximum atomic E-state index is 12.6. The van der Waals surface area contributed by atoms with Crippen LogP contribution in [0.15, 0.2) is 10.9 Å². The molecule has 128 valence electrons. The number of nitrogens with one attached hydrogen (secondary N) is 1. The summed E-state index contributed by atoms with van der Waals surface area (Å²) in [6.45, 7) is 6.99. The summed E-state index contributed by atoms with van der Waals surface area (Å²) in [6.07, 6.45) is -0.0541. The van der Waals surface area contributed by atoms with Gasteiger partial charge in [-0.3, -0.25) is 9.59 Å². The Bertz CT molecular complexity index is 814. The molecule has 1 saturated heterocycles. The number of aromatic amines is 1. The number of hydrogen-bond donors (Lipinski definition) is 1. The van der Waals surface area contributed by atoms with Gasteiger partial charge in [0.05, 0.1) is 30.3 Å². The Labute approximate surface area is 143 Å². The first-order valence-corrected chi connectivity index (χ1v) is 8.64. The SMILES string of the molecule is Cc1cc(=O)[nH]c(C2CN(C(=O)Cc3sc(C)nc3C)CCO2)n1. The van der Waals surface area contributed by atoms with Crippen LogP contribution in [0, 0.1) is 20.8 Å². The molecule has 2 aromatic rings. The molecule has 1 aliphatic heterocycles. The van der Waals surface area contributed by atoms with E-state index in [1.165, 1.54) is 6.07 Å². The Morgan fingerprint density at radius 1 is 1.42 bits per heavy atom. The average Bonchev–Trinajstić information content (AvgIpc) is 2.84. The number of hydrogen-bond acceptors (Lipinski definition) is 6. The molecular formula is C16H20N4O3S. The van der Waals surface area contributed by atoms with Crippen molar-refractivity contribution >= 4 is 17.2 Å². The summed E-state index contributed by atoms with van der Waals surface area (Å²) in [6, 6.07) is 1.43. The highest BCUT2D eigenvalue weighted by Crippen LogP contribution is 2.22. The molecule has 8 heteroatoms. The van der Waals surface area contributed by atoms with Gasteiger partial charge in [-0.1, -0.05) is 0 Å². The number of aryl methyl sites for hydroxylation is 3. The highest BCUT2D eigenvalue weighted by atomic mass is 32.1. The quantitative estimate of drug-likeness (QED) is 0.903. The van der Waals surface area contributed by atoms with E-state index in [1.54, 1.807) is 23.2 Å². The van der Waals surface area contributed by atoms with E-state index < -0.39 is 6.10 Å². The van der Waals surface area contributed by atoms with E-state index in [4.69, 9.17) is 4.74 Å². The van der Waals surface area contributed by atoms with Crippen molar-refractivity contribution in [3.8, 4) is 0 Å². The molecule has 0 radical (unpaired) electrons. The maximum Gasteiger partial charge on any atom is 0.251 e. The molecule has 1 N–H and O–H groups in total. The zero-order valence-electron chi connectivity index (χ0n) is 14.0. The lowest BCUT2D eigenvalue weighted by Gasteiger charge is -2.32. The van der Waals surface area contributed by atoms with Crippen LogP contribution in [-0.4, -0.2) is 45.5 Å². The lowest BCUT2D eigenvalue weighted by Crippen LogP contribution is -2.43. The van der Waals surface area contributed by atoms with Gasteiger partial charge >= 0.3 is 0 Å². The van der Waals surface area contributed by atoms with E-state index in [1.807, 2.05) is 13.8 Å². The number of ether oxygens (including phenoxy) is 1. The monoisotopic (exact) mass is 348 g/mol. The van der Waals surface area contributed by atoms with Gasteiger partial charge in [-0.25, -0.2) is 9.97 Å². The molecule has 7 nitrogen and oxygen atoms in total. The summed E-state index contributed by atoms with van der Waals surface area (Å²) in [7, 11) is 0. The van der Waals surface area contributed by atoms with Gasteiger partial charge in [-0.15, -0.1) is 11.3 Å². The molecule has 0 saturated carbocycles. The molecule has 0 bridgehead atoms. The highest BCUT2D eigenvalue weighted by Gasteiger charge is 2.27. The van der Waals surface area contributed by atoms with Gasteiger partial charge in [0.25, 0.3) is 5.56 Å². The lowest BCUT2D eigenvalue weighted by molar-refractivity contribution is -0.138. The minimum Gasteiger partial charge on any atom is -0.367 e. The summed E-state index contributed by atoms with van der Waals surface area (Å²) in [5, 5.41) is 0.969. The number of rotatable bonds is 3. The van der Waals surface area contributed by atoms with Gasteiger partial charge in [-0.2, -0.15) is 0 Å². The minimum atomic E-state index is -0.403. The van der Waals surface area contributed by atoms with Crippen molar-refractivity contribution in [1.29, 1.82) is 0 Å². The van der Waals surface area contributed by atoms with Crippen LogP contribution >= 0.6 is 11.3 Å². The number of H-pyrrole nitrogens is 1.